The van der Waals surface area contributed by atoms with E-state index in [1.165, 1.54) is 0 Å². The zero-order valence-electron chi connectivity index (χ0n) is 31.2. The SMILES string of the molecule is COc1ccc(C(=O)Nc2ccc(CN3C(=O)[C@@]4(O[C@@H](CC(=O)N5Cc6ccccc6C[C@H]5CO)[C@H]([Si](C)(C)F)[C@H]4C)c4cc(OC)ccc43)cc2)cc1. The number of aliphatic hydroxyl groups is 1. The summed E-state index contributed by atoms with van der Waals surface area (Å²) < 4.78 is 34.2. The van der Waals surface area contributed by atoms with Crippen LogP contribution < -0.4 is 19.7 Å². The first-order valence-electron chi connectivity index (χ1n) is 18.3. The Morgan fingerprint density at radius 1 is 0.963 bits per heavy atom. The van der Waals surface area contributed by atoms with Crippen LogP contribution >= 0.6 is 0 Å². The van der Waals surface area contributed by atoms with E-state index in [4.69, 9.17) is 14.2 Å². The molecule has 0 unspecified atom stereocenters. The van der Waals surface area contributed by atoms with Crippen LogP contribution in [-0.2, 0) is 39.4 Å². The van der Waals surface area contributed by atoms with E-state index in [0.717, 1.165) is 16.7 Å². The second kappa shape index (κ2) is 14.7. The molecule has 4 aromatic rings. The van der Waals surface area contributed by atoms with Crippen LogP contribution in [0.25, 0.3) is 0 Å². The molecule has 7 rings (SSSR count). The molecule has 3 heterocycles. The fourth-order valence-corrected chi connectivity index (χ4v) is 11.2. The third-order valence-corrected chi connectivity index (χ3v) is 13.8. The van der Waals surface area contributed by atoms with Crippen LogP contribution in [-0.4, -0.2) is 69.1 Å². The molecule has 3 aliphatic heterocycles. The molecular formula is C42H46FN3O7Si. The smallest absolute Gasteiger partial charge is 0.264 e. The van der Waals surface area contributed by atoms with E-state index >= 15 is 4.11 Å². The van der Waals surface area contributed by atoms with Crippen molar-refractivity contribution in [2.45, 2.75) is 69.2 Å². The largest absolute Gasteiger partial charge is 0.497 e. The molecule has 0 aliphatic carbocycles. The third-order valence-electron chi connectivity index (χ3n) is 11.3. The lowest BCUT2D eigenvalue weighted by Gasteiger charge is -2.37. The van der Waals surface area contributed by atoms with Gasteiger partial charge < -0.3 is 38.5 Å². The van der Waals surface area contributed by atoms with Crippen LogP contribution in [0.1, 0.15) is 46.0 Å². The number of nitrogens with one attached hydrogen (secondary N) is 1. The molecule has 54 heavy (non-hydrogen) atoms. The van der Waals surface area contributed by atoms with Gasteiger partial charge in [-0.2, -0.15) is 0 Å². The van der Waals surface area contributed by atoms with Crippen molar-refractivity contribution in [3.63, 3.8) is 0 Å². The predicted octanol–water partition coefficient (Wildman–Crippen LogP) is 6.61. The zero-order chi connectivity index (χ0) is 38.4. The molecule has 10 nitrogen and oxygen atoms in total. The summed E-state index contributed by atoms with van der Waals surface area (Å²) >= 11 is 0. The minimum Gasteiger partial charge on any atom is -0.497 e. The molecule has 282 valence electrons. The lowest BCUT2D eigenvalue weighted by Crippen LogP contribution is -2.48. The summed E-state index contributed by atoms with van der Waals surface area (Å²) in [6.45, 7) is 5.42. The first-order valence-corrected chi connectivity index (χ1v) is 21.2. The second-order valence-corrected chi connectivity index (χ2v) is 18.8. The third kappa shape index (κ3) is 6.67. The number of anilines is 2. The number of methoxy groups -OCH3 is 2. The van der Waals surface area contributed by atoms with E-state index in [1.807, 2.05) is 49.4 Å². The van der Waals surface area contributed by atoms with E-state index < -0.39 is 37.6 Å². The quantitative estimate of drug-likeness (QED) is 0.138. The number of halogens is 1. The average molecular weight is 752 g/mol. The number of aliphatic hydroxyl groups excluding tert-OH is 1. The van der Waals surface area contributed by atoms with Gasteiger partial charge in [-0.05, 0) is 90.8 Å². The van der Waals surface area contributed by atoms with Crippen LogP contribution in [0.3, 0.4) is 0 Å². The summed E-state index contributed by atoms with van der Waals surface area (Å²) in [6.07, 6.45) is -0.466. The Bertz CT molecular complexity index is 2050. The van der Waals surface area contributed by atoms with Crippen LogP contribution in [0, 0.1) is 5.92 Å². The maximum Gasteiger partial charge on any atom is 0.264 e. The number of carbonyl (C=O) groups is 3. The number of nitrogens with zero attached hydrogens (tertiary/aromatic N) is 2. The lowest BCUT2D eigenvalue weighted by molar-refractivity contribution is -0.151. The Balaban J connectivity index is 1.16. The molecule has 4 aromatic carbocycles. The molecule has 3 amide bonds. The van der Waals surface area contributed by atoms with Crippen molar-refractivity contribution in [2.24, 2.45) is 5.92 Å². The van der Waals surface area contributed by atoms with Gasteiger partial charge in [-0.25, -0.2) is 0 Å². The average Bonchev–Trinajstić information content (AvgIpc) is 3.60. The van der Waals surface area contributed by atoms with Gasteiger partial charge in [-0.3, -0.25) is 14.4 Å². The van der Waals surface area contributed by atoms with Gasteiger partial charge in [-0.15, -0.1) is 0 Å². The number of fused-ring (bicyclic) bond motifs is 3. The maximum atomic E-state index is 16.5. The normalized spacial score (nSPS) is 23.3. The second-order valence-electron chi connectivity index (χ2n) is 15.0. The lowest BCUT2D eigenvalue weighted by atomic mass is 9.82. The Labute approximate surface area is 316 Å². The van der Waals surface area contributed by atoms with Crippen molar-refractivity contribution in [2.75, 3.05) is 31.0 Å². The van der Waals surface area contributed by atoms with Crippen LogP contribution in [0.2, 0.25) is 18.6 Å². The van der Waals surface area contributed by atoms with Gasteiger partial charge in [0.25, 0.3) is 11.8 Å². The summed E-state index contributed by atoms with van der Waals surface area (Å²) in [4.78, 5) is 45.2. The highest BCUT2D eigenvalue weighted by Gasteiger charge is 2.67. The number of benzene rings is 4. The van der Waals surface area contributed by atoms with Crippen molar-refractivity contribution in [3.8, 4) is 11.5 Å². The van der Waals surface area contributed by atoms with Gasteiger partial charge in [0, 0.05) is 34.8 Å². The number of rotatable bonds is 10. The van der Waals surface area contributed by atoms with Gasteiger partial charge >= 0.3 is 0 Å². The number of hydrogen-bond acceptors (Lipinski definition) is 7. The van der Waals surface area contributed by atoms with Crippen molar-refractivity contribution >= 4 is 37.5 Å². The molecule has 0 aromatic heterocycles. The summed E-state index contributed by atoms with van der Waals surface area (Å²) in [5.74, 6) is -0.252. The van der Waals surface area contributed by atoms with E-state index in [1.54, 1.807) is 85.6 Å². The summed E-state index contributed by atoms with van der Waals surface area (Å²) in [7, 11) is -0.435. The highest BCUT2D eigenvalue weighted by molar-refractivity contribution is 6.72. The van der Waals surface area contributed by atoms with E-state index in [0.29, 0.717) is 47.0 Å². The molecule has 0 saturated carbocycles. The summed E-state index contributed by atoms with van der Waals surface area (Å²) in [6, 6.07) is 26.9. The number of hydrogen-bond donors (Lipinski definition) is 2. The molecular weight excluding hydrogens is 706 g/mol. The predicted molar refractivity (Wildman–Crippen MR) is 206 cm³/mol. The summed E-state index contributed by atoms with van der Waals surface area (Å²) in [5.41, 5.74) is 2.97. The Hall–Kier alpha value is -5.04. The molecule has 0 bridgehead atoms. The molecule has 2 N–H and O–H groups in total. The molecule has 5 atom stereocenters. The van der Waals surface area contributed by atoms with Gasteiger partial charge in [0.05, 0.1) is 51.6 Å². The minimum absolute atomic E-state index is 0.119. The standard InChI is InChI=1S/C42H46FN3O7Si/c1-26-39(54(4,5)43)37(22-38(48)45-24-30-9-7-6-8-29(30)20-32(45)25-47)53-42(26)35-21-34(52-3)18-19-36(35)46(41(42)50)23-27-10-14-31(15-11-27)44-40(49)28-12-16-33(51-2)17-13-28/h6-19,21,26,32,37,39,47H,20,22-25H2,1-5H3,(H,44,49)/t26-,32+,37+,39-,42+/m1/s1. The van der Waals surface area contributed by atoms with Crippen LogP contribution in [0.15, 0.2) is 91.0 Å². The molecule has 1 spiro atoms. The first-order chi connectivity index (χ1) is 25.9. The highest BCUT2D eigenvalue weighted by Crippen LogP contribution is 2.60. The van der Waals surface area contributed by atoms with E-state index in [2.05, 4.69) is 5.32 Å². The van der Waals surface area contributed by atoms with Crippen molar-refractivity contribution in [3.05, 3.63) is 119 Å². The van der Waals surface area contributed by atoms with E-state index in [9.17, 15) is 19.5 Å². The number of carbonyl (C=O) groups excluding carboxylic acids is 3. The van der Waals surface area contributed by atoms with Gasteiger partial charge in [0.15, 0.2) is 5.60 Å². The molecule has 0 radical (unpaired) electrons. The molecule has 12 heteroatoms. The summed E-state index contributed by atoms with van der Waals surface area (Å²) in [5, 5.41) is 13.2. The van der Waals surface area contributed by atoms with Crippen LogP contribution in [0.5, 0.6) is 11.5 Å². The Kier molecular flexibility index (Phi) is 10.1. The fraction of sp³-hybridized carbons (Fsp3) is 0.357. The molecule has 1 saturated heterocycles. The Morgan fingerprint density at radius 2 is 1.63 bits per heavy atom. The van der Waals surface area contributed by atoms with Crippen LogP contribution in [0.4, 0.5) is 15.5 Å². The topological polar surface area (TPSA) is 118 Å². The zero-order valence-corrected chi connectivity index (χ0v) is 32.2. The minimum atomic E-state index is -3.55. The number of amides is 3. The van der Waals surface area contributed by atoms with Gasteiger partial charge in [0.2, 0.25) is 14.3 Å². The first kappa shape index (κ1) is 37.3. The highest BCUT2D eigenvalue weighted by atomic mass is 28.4. The van der Waals surface area contributed by atoms with Crippen molar-refractivity contribution in [1.29, 1.82) is 0 Å². The monoisotopic (exact) mass is 751 g/mol. The number of ether oxygens (including phenoxy) is 3. The van der Waals surface area contributed by atoms with Gasteiger partial charge in [0.1, 0.15) is 11.5 Å². The molecule has 1 fully saturated rings. The van der Waals surface area contributed by atoms with Crippen molar-refractivity contribution < 1.29 is 37.8 Å². The van der Waals surface area contributed by atoms with Gasteiger partial charge in [-0.1, -0.05) is 43.3 Å². The Morgan fingerprint density at radius 3 is 2.28 bits per heavy atom. The van der Waals surface area contributed by atoms with E-state index in [-0.39, 0.29) is 37.3 Å². The fourth-order valence-electron chi connectivity index (χ4n) is 8.66. The maximum absolute atomic E-state index is 16.5. The molecule has 3 aliphatic rings. The van der Waals surface area contributed by atoms with Crippen molar-refractivity contribution in [1.82, 2.24) is 4.90 Å².